The van der Waals surface area contributed by atoms with Crippen LogP contribution < -0.4 is 5.32 Å². The zero-order valence-electron chi connectivity index (χ0n) is 21.3. The van der Waals surface area contributed by atoms with Crippen LogP contribution in [-0.4, -0.2) is 40.7 Å². The van der Waals surface area contributed by atoms with Gasteiger partial charge in [0.25, 0.3) is 24.9 Å². The van der Waals surface area contributed by atoms with Gasteiger partial charge in [0.2, 0.25) is 10.7 Å². The summed E-state index contributed by atoms with van der Waals surface area (Å²) in [6.07, 6.45) is 8.57. The maximum Gasteiger partial charge on any atom is 0.297 e. The van der Waals surface area contributed by atoms with Crippen LogP contribution in [0, 0.1) is 20.0 Å². The summed E-state index contributed by atoms with van der Waals surface area (Å²) in [5.74, 6) is 0.722. The summed E-state index contributed by atoms with van der Waals surface area (Å²) >= 11 is 11.6. The Morgan fingerprint density at radius 1 is 0.756 bits per heavy atom. The summed E-state index contributed by atoms with van der Waals surface area (Å²) < 4.78 is 47.7. The molecule has 0 radical (unpaired) electrons. The number of aromatic nitrogens is 5. The smallest absolute Gasteiger partial charge is 0.224 e. The third kappa shape index (κ3) is 7.17. The van der Waals surface area contributed by atoms with Crippen molar-refractivity contribution in [3.05, 3.63) is 107 Å². The molecule has 0 amide bonds. The van der Waals surface area contributed by atoms with Gasteiger partial charge >= 0.3 is 0 Å². The minimum absolute atomic E-state index is 0.143. The lowest BCUT2D eigenvalue weighted by Crippen LogP contribution is -2.12. The van der Waals surface area contributed by atoms with Crippen molar-refractivity contribution in [1.29, 1.82) is 0 Å². The van der Waals surface area contributed by atoms with Gasteiger partial charge in [0, 0.05) is 16.9 Å². The van der Waals surface area contributed by atoms with Crippen LogP contribution in [0.3, 0.4) is 0 Å². The lowest BCUT2D eigenvalue weighted by molar-refractivity contribution is 0.588. The Morgan fingerprint density at radius 3 is 1.90 bits per heavy atom. The minimum atomic E-state index is -3.69. The van der Waals surface area contributed by atoms with Gasteiger partial charge in [-0.3, -0.25) is 0 Å². The van der Waals surface area contributed by atoms with Crippen LogP contribution in [0.2, 0.25) is 10.3 Å². The predicted molar refractivity (Wildman–Crippen MR) is 159 cm³/mol. The summed E-state index contributed by atoms with van der Waals surface area (Å²) in [7, 11) is -2.15. The topological polar surface area (TPSA) is 137 Å². The van der Waals surface area contributed by atoms with E-state index >= 15 is 0 Å². The molecule has 3 aromatic heterocycles. The summed E-state index contributed by atoms with van der Waals surface area (Å²) in [5, 5.41) is 3.99. The Kier molecular flexibility index (Phi) is 9.23. The van der Waals surface area contributed by atoms with Crippen molar-refractivity contribution in [3.63, 3.8) is 0 Å². The fourth-order valence-corrected chi connectivity index (χ4v) is 5.84. The number of aryl methyl sites for hydroxylation is 2. The van der Waals surface area contributed by atoms with Crippen molar-refractivity contribution in [3.8, 4) is 0 Å². The molecule has 0 spiro atoms. The predicted octanol–water partition coefficient (Wildman–Crippen LogP) is 5.88. The first-order valence-electron chi connectivity index (χ1n) is 11.5. The average molecular weight is 651 g/mol. The van der Waals surface area contributed by atoms with Gasteiger partial charge in [0.15, 0.2) is 5.65 Å². The van der Waals surface area contributed by atoms with Crippen LogP contribution in [0.25, 0.3) is 17.1 Å². The first-order chi connectivity index (χ1) is 19.4. The molecule has 5 aromatic rings. The molecule has 210 valence electrons. The lowest BCUT2D eigenvalue weighted by Gasteiger charge is -2.07. The van der Waals surface area contributed by atoms with E-state index in [1.165, 1.54) is 31.0 Å². The molecule has 15 heteroatoms. The van der Waals surface area contributed by atoms with Crippen molar-refractivity contribution >= 4 is 75.9 Å². The number of nitrogens with zero attached hydrogens (tertiary/aromatic N) is 5. The van der Waals surface area contributed by atoms with E-state index < -0.39 is 19.1 Å². The van der Waals surface area contributed by atoms with Gasteiger partial charge in [-0.2, -0.15) is 5.32 Å². The molecule has 1 aliphatic rings. The molecule has 0 saturated carbocycles. The van der Waals surface area contributed by atoms with Gasteiger partial charge in [0.1, 0.15) is 30.1 Å². The Labute approximate surface area is 251 Å². The molecule has 1 N–H and O–H groups in total. The van der Waals surface area contributed by atoms with E-state index in [-0.39, 0.29) is 20.6 Å². The van der Waals surface area contributed by atoms with Crippen molar-refractivity contribution < 1.29 is 16.8 Å². The Morgan fingerprint density at radius 2 is 1.32 bits per heavy atom. The van der Waals surface area contributed by atoms with Gasteiger partial charge < -0.3 is 0 Å². The van der Waals surface area contributed by atoms with E-state index in [1.54, 1.807) is 48.5 Å². The van der Waals surface area contributed by atoms with Crippen LogP contribution >= 0.6 is 33.9 Å². The molecule has 0 bridgehead atoms. The van der Waals surface area contributed by atoms with E-state index in [1.807, 2.05) is 13.8 Å². The van der Waals surface area contributed by atoms with E-state index in [0.29, 0.717) is 10.5 Å². The molecule has 0 aliphatic carbocycles. The quantitative estimate of drug-likeness (QED) is 0.144. The normalized spacial score (nSPS) is 11.8. The summed E-state index contributed by atoms with van der Waals surface area (Å²) in [5.41, 5.74) is 3.08. The number of benzene rings is 2. The molecule has 6 rings (SSSR count). The highest BCUT2D eigenvalue weighted by Gasteiger charge is 2.22. The van der Waals surface area contributed by atoms with Crippen molar-refractivity contribution in [2.24, 2.45) is 0 Å². The van der Waals surface area contributed by atoms with Gasteiger partial charge in [-0.05, 0) is 55.8 Å². The van der Waals surface area contributed by atoms with E-state index in [4.69, 9.17) is 33.9 Å². The first-order valence-corrected chi connectivity index (χ1v) is 16.0. The number of nitrogens with one attached hydrogen (secondary N) is 1. The fraction of sp³-hybridized carbons (Fsp3) is 0.0769. The molecule has 0 fully saturated rings. The highest BCUT2D eigenvalue weighted by molar-refractivity contribution is 8.13. The molecule has 0 unspecified atom stereocenters. The summed E-state index contributed by atoms with van der Waals surface area (Å²) in [4.78, 5) is 15.9. The maximum absolute atomic E-state index is 12.6. The number of anilines is 1. The fourth-order valence-electron chi connectivity index (χ4n) is 3.39. The number of rotatable bonds is 3. The molecular formula is C26H20Cl3N6O4S2+. The molecule has 41 heavy (non-hydrogen) atoms. The van der Waals surface area contributed by atoms with Gasteiger partial charge in [-0.1, -0.05) is 47.0 Å². The minimum Gasteiger partial charge on any atom is -0.224 e. The van der Waals surface area contributed by atoms with Crippen LogP contribution in [0.1, 0.15) is 16.7 Å². The van der Waals surface area contributed by atoms with Gasteiger partial charge in [-0.15, -0.1) is 4.98 Å². The summed E-state index contributed by atoms with van der Waals surface area (Å²) in [6, 6.07) is 14.6. The Bertz CT molecular complexity index is 1950. The SMILES string of the molecule is Cc1ccc(S(=O)(=O)Cl)cc1.Cc1ccc(S(=O)(=O)n2ccc3c(Cl)ncnc32)cc1.Clc1ncnc2c1C=[C+]N2. The summed E-state index contributed by atoms with van der Waals surface area (Å²) in [6.45, 7) is 3.78. The molecule has 4 heterocycles. The third-order valence-corrected chi connectivity index (χ3v) is 9.17. The Hall–Kier alpha value is -3.64. The zero-order valence-corrected chi connectivity index (χ0v) is 25.2. The van der Waals surface area contributed by atoms with Crippen LogP contribution in [0.5, 0.6) is 0 Å². The number of halogens is 3. The molecule has 10 nitrogen and oxygen atoms in total. The molecule has 0 atom stereocenters. The molecule has 2 aromatic carbocycles. The number of hydrogen-bond acceptors (Lipinski definition) is 9. The second-order valence-corrected chi connectivity index (χ2v) is 13.5. The number of hydrogen-bond donors (Lipinski definition) is 1. The Balaban J connectivity index is 0.000000156. The zero-order chi connectivity index (χ0) is 29.8. The van der Waals surface area contributed by atoms with E-state index in [2.05, 4.69) is 31.5 Å². The highest BCUT2D eigenvalue weighted by atomic mass is 35.7. The average Bonchev–Trinajstić information content (AvgIpc) is 3.59. The first kappa shape index (κ1) is 30.3. The van der Waals surface area contributed by atoms with Crippen molar-refractivity contribution in [2.45, 2.75) is 23.6 Å². The second kappa shape index (κ2) is 12.5. The standard InChI is InChI=1S/C13H10ClN3O2S.C7H7ClO2S.C6H3ClN3/c1-9-2-4-10(5-3-9)20(18,19)17-7-6-11-12(14)15-8-16-13(11)17;1-6-2-4-7(5-3-6)11(8,9)10;7-5-4-1-2-8-6(4)10-3-9-5/h2-8H,1H3;2-5H,1H3;1,3H,(H,8,9,10)/q;;+1. The van der Waals surface area contributed by atoms with Crippen molar-refractivity contribution in [2.75, 3.05) is 5.32 Å². The van der Waals surface area contributed by atoms with Crippen LogP contribution in [0.4, 0.5) is 5.82 Å². The van der Waals surface area contributed by atoms with Crippen LogP contribution in [-0.2, 0) is 19.1 Å². The third-order valence-electron chi connectivity index (χ3n) is 5.52. The largest absolute Gasteiger partial charge is 0.297 e. The monoisotopic (exact) mass is 649 g/mol. The highest BCUT2D eigenvalue weighted by Crippen LogP contribution is 2.25. The number of fused-ring (bicyclic) bond motifs is 2. The molecule has 1 aliphatic heterocycles. The molecular weight excluding hydrogens is 631 g/mol. The van der Waals surface area contributed by atoms with Crippen molar-refractivity contribution in [1.82, 2.24) is 23.9 Å². The van der Waals surface area contributed by atoms with Gasteiger partial charge in [0.05, 0.1) is 15.2 Å². The maximum atomic E-state index is 12.6. The van der Waals surface area contributed by atoms with E-state index in [0.717, 1.165) is 26.5 Å². The van der Waals surface area contributed by atoms with Gasteiger partial charge in [-0.25, -0.2) is 35.8 Å². The molecule has 0 saturated heterocycles. The lowest BCUT2D eigenvalue weighted by atomic mass is 10.2. The second-order valence-electron chi connectivity index (χ2n) is 8.42. The van der Waals surface area contributed by atoms with Crippen LogP contribution in [0.15, 0.2) is 83.2 Å². The van der Waals surface area contributed by atoms with E-state index in [9.17, 15) is 16.8 Å².